The Morgan fingerprint density at radius 2 is 2.33 bits per heavy atom. The maximum Gasteiger partial charge on any atom is 0.310 e. The van der Waals surface area contributed by atoms with Gasteiger partial charge in [-0.25, -0.2) is 0 Å². The third-order valence-electron chi connectivity index (χ3n) is 3.37. The van der Waals surface area contributed by atoms with Crippen molar-refractivity contribution in [3.8, 4) is 0 Å². The van der Waals surface area contributed by atoms with Crippen molar-refractivity contribution in [3.05, 3.63) is 21.0 Å². The van der Waals surface area contributed by atoms with E-state index in [9.17, 15) is 9.90 Å². The number of carbonyl (C=O) groups is 1. The van der Waals surface area contributed by atoms with Crippen LogP contribution in [-0.2, 0) is 11.3 Å². The molecule has 0 spiro atoms. The van der Waals surface area contributed by atoms with E-state index in [4.69, 9.17) is 4.42 Å². The molecule has 0 bridgehead atoms. The summed E-state index contributed by atoms with van der Waals surface area (Å²) in [6.45, 7) is 3.94. The largest absolute Gasteiger partial charge is 0.481 e. The third-order valence-corrected chi connectivity index (χ3v) is 5.08. The lowest BCUT2D eigenvalue weighted by molar-refractivity contribution is -0.151. The van der Waals surface area contributed by atoms with Gasteiger partial charge in [0.1, 0.15) is 5.76 Å². The quantitative estimate of drug-likeness (QED) is 0.871. The number of halogens is 2. The molecule has 1 N–H and O–H groups in total. The molecule has 1 atom stereocenters. The van der Waals surface area contributed by atoms with Gasteiger partial charge in [-0.05, 0) is 64.2 Å². The van der Waals surface area contributed by atoms with Crippen LogP contribution in [0.4, 0.5) is 0 Å². The van der Waals surface area contributed by atoms with E-state index in [1.807, 2.05) is 13.0 Å². The first-order valence-corrected chi connectivity index (χ1v) is 7.39. The standard InChI is InChI=1S/C12H15Br2NO3/c1-12(11(16)17)3-2-4-15(7-12)6-8-5-9(13)10(14)18-8/h5H,2-4,6-7H2,1H3,(H,16,17). The van der Waals surface area contributed by atoms with Crippen molar-refractivity contribution in [2.75, 3.05) is 13.1 Å². The van der Waals surface area contributed by atoms with Crippen LogP contribution in [0.3, 0.4) is 0 Å². The van der Waals surface area contributed by atoms with Crippen LogP contribution in [0, 0.1) is 5.41 Å². The minimum Gasteiger partial charge on any atom is -0.481 e. The molecule has 1 aromatic heterocycles. The normalized spacial score (nSPS) is 25.3. The molecule has 100 valence electrons. The van der Waals surface area contributed by atoms with Crippen molar-refractivity contribution < 1.29 is 14.3 Å². The molecule has 0 saturated carbocycles. The summed E-state index contributed by atoms with van der Waals surface area (Å²) >= 11 is 6.67. The Kier molecular flexibility index (Phi) is 4.18. The summed E-state index contributed by atoms with van der Waals surface area (Å²) in [5.74, 6) is 0.123. The Balaban J connectivity index is 2.04. The third kappa shape index (κ3) is 2.97. The monoisotopic (exact) mass is 379 g/mol. The van der Waals surface area contributed by atoms with Crippen molar-refractivity contribution in [3.63, 3.8) is 0 Å². The van der Waals surface area contributed by atoms with Gasteiger partial charge in [0.25, 0.3) is 0 Å². The molecule has 6 heteroatoms. The SMILES string of the molecule is CC1(C(=O)O)CCCN(Cc2cc(Br)c(Br)o2)C1. The summed E-state index contributed by atoms with van der Waals surface area (Å²) in [4.78, 5) is 13.4. The van der Waals surface area contributed by atoms with Crippen LogP contribution in [0.25, 0.3) is 0 Å². The van der Waals surface area contributed by atoms with Crippen LogP contribution in [0.15, 0.2) is 19.6 Å². The summed E-state index contributed by atoms with van der Waals surface area (Å²) in [6, 6.07) is 1.91. The van der Waals surface area contributed by atoms with E-state index in [2.05, 4.69) is 36.8 Å². The van der Waals surface area contributed by atoms with Crippen LogP contribution < -0.4 is 0 Å². The van der Waals surface area contributed by atoms with Crippen molar-refractivity contribution in [2.45, 2.75) is 26.3 Å². The van der Waals surface area contributed by atoms with E-state index in [1.54, 1.807) is 0 Å². The smallest absolute Gasteiger partial charge is 0.310 e. The molecule has 0 radical (unpaired) electrons. The van der Waals surface area contributed by atoms with E-state index in [0.29, 0.717) is 17.8 Å². The molecule has 1 aromatic rings. The zero-order valence-corrected chi connectivity index (χ0v) is 13.3. The first-order valence-electron chi connectivity index (χ1n) is 5.80. The van der Waals surface area contributed by atoms with E-state index in [-0.39, 0.29) is 0 Å². The van der Waals surface area contributed by atoms with Gasteiger partial charge in [0.2, 0.25) is 0 Å². The van der Waals surface area contributed by atoms with E-state index in [0.717, 1.165) is 29.6 Å². The van der Waals surface area contributed by atoms with Gasteiger partial charge >= 0.3 is 5.97 Å². The minimum atomic E-state index is -0.714. The van der Waals surface area contributed by atoms with Crippen LogP contribution in [0.2, 0.25) is 0 Å². The Bertz CT molecular complexity index is 441. The number of furan rings is 1. The summed E-state index contributed by atoms with van der Waals surface area (Å²) in [7, 11) is 0. The lowest BCUT2D eigenvalue weighted by Gasteiger charge is -2.37. The molecule has 0 aromatic carbocycles. The number of hydrogen-bond acceptors (Lipinski definition) is 3. The van der Waals surface area contributed by atoms with Crippen molar-refractivity contribution >= 4 is 37.8 Å². The van der Waals surface area contributed by atoms with Crippen LogP contribution in [-0.4, -0.2) is 29.1 Å². The summed E-state index contributed by atoms with van der Waals surface area (Å²) in [6.07, 6.45) is 1.65. The molecule has 1 fully saturated rings. The summed E-state index contributed by atoms with van der Waals surface area (Å²) in [5, 5.41) is 9.26. The number of hydrogen-bond donors (Lipinski definition) is 1. The maximum absolute atomic E-state index is 11.3. The first kappa shape index (κ1) is 14.1. The zero-order chi connectivity index (χ0) is 13.3. The number of carboxylic acid groups (broad SMARTS) is 1. The van der Waals surface area contributed by atoms with Crippen LogP contribution in [0.5, 0.6) is 0 Å². The molecule has 18 heavy (non-hydrogen) atoms. The molecule has 1 unspecified atom stereocenters. The second-order valence-corrected chi connectivity index (χ2v) is 6.59. The van der Waals surface area contributed by atoms with E-state index < -0.39 is 11.4 Å². The molecule has 0 aliphatic carbocycles. The second-order valence-electron chi connectivity index (χ2n) is 5.01. The Morgan fingerprint density at radius 1 is 1.61 bits per heavy atom. The van der Waals surface area contributed by atoms with E-state index >= 15 is 0 Å². The number of aliphatic carboxylic acids is 1. The van der Waals surface area contributed by atoms with Gasteiger partial charge in [-0.2, -0.15) is 0 Å². The Morgan fingerprint density at radius 3 is 2.89 bits per heavy atom. The maximum atomic E-state index is 11.3. The van der Waals surface area contributed by atoms with Gasteiger partial charge in [0.15, 0.2) is 4.67 Å². The number of carboxylic acids is 1. The predicted molar refractivity (Wildman–Crippen MR) is 74.4 cm³/mol. The fraction of sp³-hybridized carbons (Fsp3) is 0.583. The minimum absolute atomic E-state index is 0.568. The van der Waals surface area contributed by atoms with Gasteiger partial charge in [-0.15, -0.1) is 0 Å². The number of nitrogens with zero attached hydrogens (tertiary/aromatic N) is 1. The van der Waals surface area contributed by atoms with Crippen LogP contribution in [0.1, 0.15) is 25.5 Å². The highest BCUT2D eigenvalue weighted by Crippen LogP contribution is 2.32. The number of rotatable bonds is 3. The lowest BCUT2D eigenvalue weighted by atomic mass is 9.82. The van der Waals surface area contributed by atoms with E-state index in [1.165, 1.54) is 0 Å². The average Bonchev–Trinajstić information content (AvgIpc) is 2.57. The van der Waals surface area contributed by atoms with Crippen LogP contribution >= 0.6 is 31.9 Å². The molecular formula is C12H15Br2NO3. The van der Waals surface area contributed by atoms with Gasteiger partial charge < -0.3 is 9.52 Å². The first-order chi connectivity index (χ1) is 8.40. The Hall–Kier alpha value is -0.330. The molecule has 4 nitrogen and oxygen atoms in total. The highest BCUT2D eigenvalue weighted by molar-refractivity contribution is 9.13. The molecule has 0 amide bonds. The molecule has 1 aliphatic heterocycles. The molecular weight excluding hydrogens is 366 g/mol. The Labute approximate surface area is 123 Å². The number of piperidine rings is 1. The molecule has 2 rings (SSSR count). The average molecular weight is 381 g/mol. The predicted octanol–water partition coefficient (Wildman–Crippen LogP) is 3.49. The van der Waals surface area contributed by atoms with Gasteiger partial charge in [0, 0.05) is 6.54 Å². The number of likely N-dealkylation sites (tertiary alicyclic amines) is 1. The van der Waals surface area contributed by atoms with Crippen molar-refractivity contribution in [2.24, 2.45) is 5.41 Å². The van der Waals surface area contributed by atoms with Gasteiger partial charge in [-0.3, -0.25) is 9.69 Å². The highest BCUT2D eigenvalue weighted by Gasteiger charge is 2.37. The summed E-state index contributed by atoms with van der Waals surface area (Å²) < 4.78 is 7.09. The van der Waals surface area contributed by atoms with Gasteiger partial charge in [0.05, 0.1) is 16.4 Å². The molecule has 1 saturated heterocycles. The summed E-state index contributed by atoms with van der Waals surface area (Å²) in [5.41, 5.74) is -0.640. The lowest BCUT2D eigenvalue weighted by Crippen LogP contribution is -2.45. The molecule has 2 heterocycles. The zero-order valence-electron chi connectivity index (χ0n) is 10.1. The van der Waals surface area contributed by atoms with Crippen molar-refractivity contribution in [1.29, 1.82) is 0 Å². The van der Waals surface area contributed by atoms with Gasteiger partial charge in [-0.1, -0.05) is 0 Å². The second kappa shape index (κ2) is 5.35. The highest BCUT2D eigenvalue weighted by atomic mass is 79.9. The fourth-order valence-corrected chi connectivity index (χ4v) is 3.00. The molecule has 1 aliphatic rings. The fourth-order valence-electron chi connectivity index (χ4n) is 2.34. The van der Waals surface area contributed by atoms with Crippen molar-refractivity contribution in [1.82, 2.24) is 4.90 Å². The topological polar surface area (TPSA) is 53.7 Å².